The average Bonchev–Trinajstić information content (AvgIpc) is 2.67. The number of nitrogens with zero attached hydrogens (tertiary/aromatic N) is 1. The summed E-state index contributed by atoms with van der Waals surface area (Å²) in [6.45, 7) is 14.4. The van der Waals surface area contributed by atoms with E-state index in [1.54, 1.807) is 4.90 Å². The molecular weight excluding hydrogens is 298 g/mol. The van der Waals surface area contributed by atoms with Crippen LogP contribution in [0.25, 0.3) is 0 Å². The van der Waals surface area contributed by atoms with E-state index in [0.717, 1.165) is 12.7 Å². The van der Waals surface area contributed by atoms with E-state index < -0.39 is 13.9 Å². The van der Waals surface area contributed by atoms with E-state index in [1.807, 2.05) is 33.9 Å². The number of amides is 1. The van der Waals surface area contributed by atoms with Crippen molar-refractivity contribution in [3.63, 3.8) is 0 Å². The Bertz CT molecular complexity index is 423. The van der Waals surface area contributed by atoms with Crippen molar-refractivity contribution in [3.05, 3.63) is 0 Å². The van der Waals surface area contributed by atoms with Crippen LogP contribution in [0.3, 0.4) is 0 Å². The Balaban J connectivity index is 2.78. The number of carbonyl (C=O) groups is 2. The molecule has 128 valence electrons. The highest BCUT2D eigenvalue weighted by Gasteiger charge is 2.45. The van der Waals surface area contributed by atoms with Gasteiger partial charge in [-0.1, -0.05) is 13.8 Å². The van der Waals surface area contributed by atoms with E-state index >= 15 is 0 Å². The third-order valence-corrected chi connectivity index (χ3v) is 8.26. The zero-order valence-corrected chi connectivity index (χ0v) is 16.0. The van der Waals surface area contributed by atoms with Crippen LogP contribution in [0.5, 0.6) is 0 Å². The molecule has 2 atom stereocenters. The molecule has 0 radical (unpaired) electrons. The first kappa shape index (κ1) is 19.2. The molecule has 1 aliphatic rings. The van der Waals surface area contributed by atoms with Gasteiger partial charge < -0.3 is 19.2 Å². The molecular formula is C16H31NO4Si. The quantitative estimate of drug-likeness (QED) is 0.636. The summed E-state index contributed by atoms with van der Waals surface area (Å²) in [5.41, 5.74) is -0.537. The lowest BCUT2D eigenvalue weighted by Crippen LogP contribution is -2.41. The normalized spacial score (nSPS) is 23.5. The van der Waals surface area contributed by atoms with Crippen LogP contribution in [0.4, 0.5) is 4.79 Å². The fourth-order valence-electron chi connectivity index (χ4n) is 2.65. The van der Waals surface area contributed by atoms with Crippen molar-refractivity contribution >= 4 is 20.7 Å². The van der Waals surface area contributed by atoms with Gasteiger partial charge in [0.15, 0.2) is 8.32 Å². The molecule has 1 rings (SSSR count). The lowest BCUT2D eigenvalue weighted by Gasteiger charge is -2.37. The highest BCUT2D eigenvalue weighted by molar-refractivity contribution is 6.72. The number of hydrogen-bond acceptors (Lipinski definition) is 4. The van der Waals surface area contributed by atoms with Gasteiger partial charge in [0.05, 0.1) is 0 Å². The van der Waals surface area contributed by atoms with Crippen molar-refractivity contribution in [2.24, 2.45) is 11.8 Å². The Morgan fingerprint density at radius 3 is 2.23 bits per heavy atom. The highest BCUT2D eigenvalue weighted by atomic mass is 28.4. The SMILES string of the molecule is CC(C)(C)OC(=O)N1C[C@@H](CC(C)(C)[Si](C)(C)O)[C@H](C=O)C1. The molecule has 0 aromatic carbocycles. The van der Waals surface area contributed by atoms with Crippen molar-refractivity contribution in [2.75, 3.05) is 13.1 Å². The van der Waals surface area contributed by atoms with Crippen LogP contribution in [0.2, 0.25) is 18.1 Å². The maximum atomic E-state index is 12.2. The fraction of sp³-hybridized carbons (Fsp3) is 0.875. The number of likely N-dealkylation sites (tertiary alicyclic amines) is 1. The molecule has 6 heteroatoms. The van der Waals surface area contributed by atoms with Gasteiger partial charge >= 0.3 is 6.09 Å². The number of aldehydes is 1. The van der Waals surface area contributed by atoms with Crippen LogP contribution < -0.4 is 0 Å². The highest BCUT2D eigenvalue weighted by Crippen LogP contribution is 2.44. The first-order chi connectivity index (χ1) is 9.77. The molecule has 1 N–H and O–H groups in total. The third kappa shape index (κ3) is 4.81. The van der Waals surface area contributed by atoms with Gasteiger partial charge in [-0.3, -0.25) is 0 Å². The fourth-order valence-corrected chi connectivity index (χ4v) is 3.41. The van der Waals surface area contributed by atoms with Gasteiger partial charge in [-0.2, -0.15) is 0 Å². The van der Waals surface area contributed by atoms with Crippen molar-refractivity contribution in [1.82, 2.24) is 4.90 Å². The second kappa shape index (κ2) is 6.32. The predicted molar refractivity (Wildman–Crippen MR) is 89.2 cm³/mol. The lowest BCUT2D eigenvalue weighted by atomic mass is 9.88. The first-order valence-corrected chi connectivity index (χ1v) is 10.9. The minimum Gasteiger partial charge on any atom is -0.444 e. The van der Waals surface area contributed by atoms with Gasteiger partial charge in [-0.25, -0.2) is 4.79 Å². The summed E-state index contributed by atoms with van der Waals surface area (Å²) in [4.78, 5) is 35.6. The summed E-state index contributed by atoms with van der Waals surface area (Å²) in [6.07, 6.45) is 1.32. The molecule has 1 amide bonds. The zero-order chi connectivity index (χ0) is 17.3. The van der Waals surface area contributed by atoms with Crippen LogP contribution >= 0.6 is 0 Å². The molecule has 1 fully saturated rings. The minimum absolute atomic E-state index is 0.0824. The van der Waals surface area contributed by atoms with Gasteiger partial charge in [-0.05, 0) is 51.2 Å². The molecule has 0 saturated carbocycles. The Hall–Kier alpha value is -0.883. The van der Waals surface area contributed by atoms with Crippen molar-refractivity contribution in [2.45, 2.75) is 64.8 Å². The maximum absolute atomic E-state index is 12.2. The van der Waals surface area contributed by atoms with Gasteiger partial charge in [0.1, 0.15) is 11.9 Å². The van der Waals surface area contributed by atoms with E-state index in [0.29, 0.717) is 13.1 Å². The second-order valence-electron chi connectivity index (χ2n) is 8.59. The monoisotopic (exact) mass is 329 g/mol. The summed E-state index contributed by atoms with van der Waals surface area (Å²) >= 11 is 0. The van der Waals surface area contributed by atoms with Gasteiger partial charge in [0, 0.05) is 19.0 Å². The van der Waals surface area contributed by atoms with E-state index in [9.17, 15) is 14.4 Å². The van der Waals surface area contributed by atoms with E-state index in [2.05, 4.69) is 13.8 Å². The lowest BCUT2D eigenvalue weighted by molar-refractivity contribution is -0.111. The van der Waals surface area contributed by atoms with E-state index in [-0.39, 0.29) is 23.0 Å². The topological polar surface area (TPSA) is 66.8 Å². The summed E-state index contributed by atoms with van der Waals surface area (Å²) in [5, 5.41) is -0.205. The molecule has 1 saturated heterocycles. The number of rotatable bonds is 4. The molecule has 5 nitrogen and oxygen atoms in total. The molecule has 0 aromatic rings. The van der Waals surface area contributed by atoms with Crippen molar-refractivity contribution in [3.8, 4) is 0 Å². The Labute approximate surface area is 135 Å². The number of hydrogen-bond donors (Lipinski definition) is 1. The molecule has 0 aliphatic carbocycles. The van der Waals surface area contributed by atoms with Crippen LogP contribution in [0, 0.1) is 11.8 Å². The van der Waals surface area contributed by atoms with Crippen LogP contribution in [-0.2, 0) is 9.53 Å². The summed E-state index contributed by atoms with van der Waals surface area (Å²) in [6, 6.07) is 0. The Morgan fingerprint density at radius 1 is 1.27 bits per heavy atom. The molecule has 22 heavy (non-hydrogen) atoms. The van der Waals surface area contributed by atoms with Crippen LogP contribution in [0.15, 0.2) is 0 Å². The predicted octanol–water partition coefficient (Wildman–Crippen LogP) is 3.04. The second-order valence-corrected chi connectivity index (χ2v) is 13.1. The number of carbonyl (C=O) groups excluding carboxylic acids is 2. The summed E-state index contributed by atoms with van der Waals surface area (Å²) in [7, 11) is -2.33. The van der Waals surface area contributed by atoms with E-state index in [1.165, 1.54) is 0 Å². The molecule has 1 aliphatic heterocycles. The molecule has 0 aromatic heterocycles. The standard InChI is InChI=1S/C16H31NO4Si/c1-15(2,3)21-14(19)17-9-12(13(10-17)11-18)8-16(4,5)22(6,7)20/h11-13,20H,8-10H2,1-7H3/t12-,13+/m1/s1. The first-order valence-electron chi connectivity index (χ1n) is 7.92. The van der Waals surface area contributed by atoms with Crippen LogP contribution in [-0.4, -0.2) is 49.1 Å². The zero-order valence-electron chi connectivity index (χ0n) is 15.0. The molecule has 0 bridgehead atoms. The minimum atomic E-state index is -2.33. The Morgan fingerprint density at radius 2 is 1.82 bits per heavy atom. The van der Waals surface area contributed by atoms with Gasteiger partial charge in [-0.15, -0.1) is 0 Å². The third-order valence-electron chi connectivity index (χ3n) is 4.75. The Kier molecular flexibility index (Phi) is 5.50. The summed E-state index contributed by atoms with van der Waals surface area (Å²) < 4.78 is 5.39. The van der Waals surface area contributed by atoms with Crippen molar-refractivity contribution in [1.29, 1.82) is 0 Å². The largest absolute Gasteiger partial charge is 0.444 e. The molecule has 0 spiro atoms. The molecule has 1 heterocycles. The smallest absolute Gasteiger partial charge is 0.410 e. The van der Waals surface area contributed by atoms with Crippen molar-refractivity contribution < 1.29 is 19.1 Å². The van der Waals surface area contributed by atoms with Gasteiger partial charge in [0.25, 0.3) is 0 Å². The van der Waals surface area contributed by atoms with Crippen LogP contribution in [0.1, 0.15) is 41.0 Å². The van der Waals surface area contributed by atoms with Gasteiger partial charge in [0.2, 0.25) is 0 Å². The van der Waals surface area contributed by atoms with E-state index in [4.69, 9.17) is 4.74 Å². The summed E-state index contributed by atoms with van der Waals surface area (Å²) in [5.74, 6) is -0.0953. The number of ether oxygens (including phenoxy) is 1. The molecule has 0 unspecified atom stereocenters. The average molecular weight is 330 g/mol. The maximum Gasteiger partial charge on any atom is 0.410 e.